The third kappa shape index (κ3) is 3.62. The fourth-order valence-electron chi connectivity index (χ4n) is 3.95. The van der Waals surface area contributed by atoms with Crippen LogP contribution in [0.1, 0.15) is 25.0 Å². The Balaban J connectivity index is 1.88. The van der Waals surface area contributed by atoms with Crippen molar-refractivity contribution in [1.82, 2.24) is 9.88 Å². The Kier molecular flexibility index (Phi) is 5.33. The standard InChI is InChI=1S/C24H28N2O3/c1-15(2)26-9-10-29-24-18(14-26)12-17(13-22(24)28-5)20-11-16(3)19-7-6-8-21(27-4)23(19)25-20/h6-8,11-13,15H,9-10,14H2,1-5H3. The molecule has 0 saturated heterocycles. The first kappa shape index (κ1) is 19.5. The third-order valence-corrected chi connectivity index (χ3v) is 5.61. The molecule has 5 heteroatoms. The summed E-state index contributed by atoms with van der Waals surface area (Å²) >= 11 is 0. The third-order valence-electron chi connectivity index (χ3n) is 5.61. The van der Waals surface area contributed by atoms with Crippen LogP contribution in [-0.4, -0.2) is 43.3 Å². The van der Waals surface area contributed by atoms with Crippen molar-refractivity contribution in [2.75, 3.05) is 27.4 Å². The molecule has 0 unspecified atom stereocenters. The number of nitrogens with zero attached hydrogens (tertiary/aromatic N) is 2. The van der Waals surface area contributed by atoms with Crippen molar-refractivity contribution in [3.05, 3.63) is 47.5 Å². The highest BCUT2D eigenvalue weighted by Gasteiger charge is 2.22. The Hall–Kier alpha value is -2.79. The number of fused-ring (bicyclic) bond motifs is 2. The zero-order chi connectivity index (χ0) is 20.5. The normalized spacial score (nSPS) is 14.4. The lowest BCUT2D eigenvalue weighted by Crippen LogP contribution is -2.32. The van der Waals surface area contributed by atoms with Gasteiger partial charge in [-0.3, -0.25) is 4.90 Å². The molecule has 0 saturated carbocycles. The summed E-state index contributed by atoms with van der Waals surface area (Å²) in [6, 6.07) is 12.8. The summed E-state index contributed by atoms with van der Waals surface area (Å²) in [4.78, 5) is 7.36. The van der Waals surface area contributed by atoms with Crippen LogP contribution in [0.3, 0.4) is 0 Å². The fraction of sp³-hybridized carbons (Fsp3) is 0.375. The van der Waals surface area contributed by atoms with Gasteiger partial charge >= 0.3 is 0 Å². The number of benzene rings is 2. The maximum Gasteiger partial charge on any atom is 0.165 e. The second-order valence-corrected chi connectivity index (χ2v) is 7.76. The van der Waals surface area contributed by atoms with Crippen molar-refractivity contribution in [2.24, 2.45) is 0 Å². The predicted molar refractivity (Wildman–Crippen MR) is 116 cm³/mol. The summed E-state index contributed by atoms with van der Waals surface area (Å²) in [7, 11) is 3.37. The van der Waals surface area contributed by atoms with E-state index < -0.39 is 0 Å². The van der Waals surface area contributed by atoms with Crippen LogP contribution >= 0.6 is 0 Å². The van der Waals surface area contributed by atoms with Crippen molar-refractivity contribution >= 4 is 10.9 Å². The minimum Gasteiger partial charge on any atom is -0.494 e. The number of rotatable bonds is 4. The Morgan fingerprint density at radius 3 is 2.59 bits per heavy atom. The van der Waals surface area contributed by atoms with Crippen LogP contribution in [0.4, 0.5) is 0 Å². The number of pyridine rings is 1. The van der Waals surface area contributed by atoms with Crippen LogP contribution in [0.5, 0.6) is 17.2 Å². The average molecular weight is 392 g/mol. The van der Waals surface area contributed by atoms with Crippen LogP contribution in [-0.2, 0) is 6.54 Å². The minimum absolute atomic E-state index is 0.449. The maximum atomic E-state index is 6.07. The molecular formula is C24H28N2O3. The Labute approximate surface area is 172 Å². The van der Waals surface area contributed by atoms with Gasteiger partial charge in [-0.15, -0.1) is 0 Å². The Morgan fingerprint density at radius 2 is 1.86 bits per heavy atom. The van der Waals surface area contributed by atoms with Gasteiger partial charge in [-0.25, -0.2) is 4.98 Å². The van der Waals surface area contributed by atoms with E-state index in [0.717, 1.165) is 63.6 Å². The second-order valence-electron chi connectivity index (χ2n) is 7.76. The molecule has 0 fully saturated rings. The molecule has 0 N–H and O–H groups in total. The molecule has 0 amide bonds. The van der Waals surface area contributed by atoms with E-state index >= 15 is 0 Å². The molecule has 1 aromatic heterocycles. The number of ether oxygens (including phenoxy) is 3. The van der Waals surface area contributed by atoms with Gasteiger partial charge in [0.1, 0.15) is 17.9 Å². The molecular weight excluding hydrogens is 364 g/mol. The van der Waals surface area contributed by atoms with E-state index in [9.17, 15) is 0 Å². The quantitative estimate of drug-likeness (QED) is 0.636. The summed E-state index contributed by atoms with van der Waals surface area (Å²) in [6.45, 7) is 8.92. The molecule has 2 heterocycles. The van der Waals surface area contributed by atoms with Gasteiger partial charge < -0.3 is 14.2 Å². The van der Waals surface area contributed by atoms with Gasteiger partial charge in [0.2, 0.25) is 0 Å². The van der Waals surface area contributed by atoms with Crippen LogP contribution < -0.4 is 14.2 Å². The second kappa shape index (κ2) is 7.91. The largest absolute Gasteiger partial charge is 0.494 e. The fourth-order valence-corrected chi connectivity index (χ4v) is 3.95. The minimum atomic E-state index is 0.449. The number of para-hydroxylation sites is 1. The number of methoxy groups -OCH3 is 2. The highest BCUT2D eigenvalue weighted by molar-refractivity contribution is 5.89. The Morgan fingerprint density at radius 1 is 1.07 bits per heavy atom. The van der Waals surface area contributed by atoms with Gasteiger partial charge in [0.05, 0.1) is 19.9 Å². The first-order valence-corrected chi connectivity index (χ1v) is 10.0. The lowest BCUT2D eigenvalue weighted by Gasteiger charge is -2.23. The van der Waals surface area contributed by atoms with Crippen LogP contribution in [0.2, 0.25) is 0 Å². The van der Waals surface area contributed by atoms with Crippen molar-refractivity contribution in [3.8, 4) is 28.5 Å². The average Bonchev–Trinajstić information content (AvgIpc) is 2.95. The molecule has 4 rings (SSSR count). The van der Waals surface area contributed by atoms with Gasteiger partial charge in [0, 0.05) is 35.6 Å². The molecule has 1 aliphatic rings. The van der Waals surface area contributed by atoms with E-state index in [-0.39, 0.29) is 0 Å². The topological polar surface area (TPSA) is 43.8 Å². The van der Waals surface area contributed by atoms with E-state index in [1.165, 1.54) is 0 Å². The lowest BCUT2D eigenvalue weighted by molar-refractivity contribution is 0.187. The molecule has 0 bridgehead atoms. The molecule has 1 aliphatic heterocycles. The molecule has 2 aromatic carbocycles. The number of aryl methyl sites for hydroxylation is 1. The van der Waals surface area contributed by atoms with E-state index in [4.69, 9.17) is 19.2 Å². The van der Waals surface area contributed by atoms with Gasteiger partial charge in [-0.2, -0.15) is 0 Å². The molecule has 3 aromatic rings. The monoisotopic (exact) mass is 392 g/mol. The van der Waals surface area contributed by atoms with Crippen LogP contribution in [0.25, 0.3) is 22.2 Å². The molecule has 0 radical (unpaired) electrons. The van der Waals surface area contributed by atoms with Gasteiger partial charge in [0.15, 0.2) is 11.5 Å². The molecule has 0 atom stereocenters. The molecule has 0 aliphatic carbocycles. The van der Waals surface area contributed by atoms with Crippen molar-refractivity contribution in [3.63, 3.8) is 0 Å². The van der Waals surface area contributed by atoms with E-state index in [1.54, 1.807) is 14.2 Å². The van der Waals surface area contributed by atoms with E-state index in [1.807, 2.05) is 18.2 Å². The predicted octanol–water partition coefficient (Wildman–Crippen LogP) is 4.83. The molecule has 0 spiro atoms. The highest BCUT2D eigenvalue weighted by Crippen LogP contribution is 2.39. The van der Waals surface area contributed by atoms with Crippen LogP contribution in [0, 0.1) is 6.92 Å². The smallest absolute Gasteiger partial charge is 0.165 e. The summed E-state index contributed by atoms with van der Waals surface area (Å²) in [6.07, 6.45) is 0. The van der Waals surface area contributed by atoms with Crippen molar-refractivity contribution in [2.45, 2.75) is 33.4 Å². The first-order valence-electron chi connectivity index (χ1n) is 10.0. The van der Waals surface area contributed by atoms with E-state index in [0.29, 0.717) is 12.6 Å². The summed E-state index contributed by atoms with van der Waals surface area (Å²) in [5.74, 6) is 2.38. The maximum absolute atomic E-state index is 6.07. The van der Waals surface area contributed by atoms with Crippen LogP contribution in [0.15, 0.2) is 36.4 Å². The zero-order valence-corrected chi connectivity index (χ0v) is 17.8. The highest BCUT2D eigenvalue weighted by atomic mass is 16.5. The van der Waals surface area contributed by atoms with Gasteiger partial charge in [-0.1, -0.05) is 12.1 Å². The van der Waals surface area contributed by atoms with Gasteiger partial charge in [0.25, 0.3) is 0 Å². The van der Waals surface area contributed by atoms with Crippen molar-refractivity contribution < 1.29 is 14.2 Å². The molecule has 5 nitrogen and oxygen atoms in total. The number of hydrogen-bond donors (Lipinski definition) is 0. The zero-order valence-electron chi connectivity index (χ0n) is 17.8. The lowest BCUT2D eigenvalue weighted by atomic mass is 10.0. The number of aromatic nitrogens is 1. The van der Waals surface area contributed by atoms with Crippen molar-refractivity contribution in [1.29, 1.82) is 0 Å². The molecule has 29 heavy (non-hydrogen) atoms. The number of hydrogen-bond acceptors (Lipinski definition) is 5. The van der Waals surface area contributed by atoms with Gasteiger partial charge in [-0.05, 0) is 50.6 Å². The summed E-state index contributed by atoms with van der Waals surface area (Å²) in [5.41, 5.74) is 5.09. The first-order chi connectivity index (χ1) is 14.0. The Bertz CT molecular complexity index is 1050. The van der Waals surface area contributed by atoms with E-state index in [2.05, 4.69) is 43.9 Å². The molecule has 152 valence electrons. The SMILES string of the molecule is COc1cc(-c2cc(C)c3cccc(OC)c3n2)cc2c1OCCN(C(C)C)C2. The summed E-state index contributed by atoms with van der Waals surface area (Å²) < 4.78 is 17.3. The summed E-state index contributed by atoms with van der Waals surface area (Å²) in [5, 5.41) is 1.10.